The summed E-state index contributed by atoms with van der Waals surface area (Å²) in [5.74, 6) is -0.991. The minimum Gasteiger partial charge on any atom is -0.314 e. The van der Waals surface area contributed by atoms with Gasteiger partial charge in [-0.25, -0.2) is 8.78 Å². The lowest BCUT2D eigenvalue weighted by molar-refractivity contribution is 0.0954. The molecule has 0 spiro atoms. The molecule has 0 amide bonds. The van der Waals surface area contributed by atoms with Crippen molar-refractivity contribution in [2.75, 3.05) is 6.54 Å². The Kier molecular flexibility index (Phi) is 4.07. The van der Waals surface area contributed by atoms with Gasteiger partial charge in [-0.1, -0.05) is 6.92 Å². The fraction of sp³-hybridized carbons (Fsp3) is 0.500. The minimum absolute atomic E-state index is 0.0731. The van der Waals surface area contributed by atoms with Gasteiger partial charge in [-0.05, 0) is 43.5 Å². The van der Waals surface area contributed by atoms with Crippen LogP contribution in [0.2, 0.25) is 0 Å². The van der Waals surface area contributed by atoms with E-state index in [0.717, 1.165) is 37.6 Å². The molecule has 1 saturated heterocycles. The summed E-state index contributed by atoms with van der Waals surface area (Å²) in [5, 5.41) is 3.25. The molecule has 0 aliphatic carbocycles. The number of rotatable bonds is 3. The second-order valence-corrected chi connectivity index (χ2v) is 5.03. The highest BCUT2D eigenvalue weighted by atomic mass is 19.1. The molecule has 2 unspecified atom stereocenters. The molecule has 4 heteroatoms. The Bertz CT molecular complexity index is 447. The highest BCUT2D eigenvalue weighted by molar-refractivity contribution is 5.96. The third-order valence-corrected chi connectivity index (χ3v) is 3.42. The van der Waals surface area contributed by atoms with Crippen LogP contribution in [0.1, 0.15) is 36.5 Å². The van der Waals surface area contributed by atoms with Crippen LogP contribution in [0.5, 0.6) is 0 Å². The fourth-order valence-electron chi connectivity index (χ4n) is 2.42. The molecule has 1 aliphatic heterocycles. The number of benzene rings is 1. The number of carbonyl (C=O) groups excluding carboxylic acids is 1. The molecule has 0 saturated carbocycles. The lowest BCUT2D eigenvalue weighted by Crippen LogP contribution is -2.38. The van der Waals surface area contributed by atoms with E-state index in [-0.39, 0.29) is 23.8 Å². The third kappa shape index (κ3) is 3.13. The Morgan fingerprint density at radius 3 is 2.94 bits per heavy atom. The Morgan fingerprint density at radius 1 is 1.44 bits per heavy atom. The molecular formula is C14H17F2NO. The zero-order valence-electron chi connectivity index (χ0n) is 10.4. The largest absolute Gasteiger partial charge is 0.314 e. The lowest BCUT2D eigenvalue weighted by atomic mass is 9.90. The summed E-state index contributed by atoms with van der Waals surface area (Å²) < 4.78 is 26.5. The fourth-order valence-corrected chi connectivity index (χ4v) is 2.42. The first-order valence-electron chi connectivity index (χ1n) is 6.28. The summed E-state index contributed by atoms with van der Waals surface area (Å²) in [4.78, 5) is 11.9. The average Bonchev–Trinajstić information content (AvgIpc) is 2.32. The predicted octanol–water partition coefficient (Wildman–Crippen LogP) is 2.93. The van der Waals surface area contributed by atoms with Crippen LogP contribution in [0, 0.1) is 17.6 Å². The summed E-state index contributed by atoms with van der Waals surface area (Å²) in [5.41, 5.74) is -0.143. The standard InChI is InChI=1S/C14H17F2NO/c1-9-4-5-17-11(6-9)8-14(18)12-7-10(15)2-3-13(12)16/h2-3,7,9,11,17H,4-6,8H2,1H3. The smallest absolute Gasteiger partial charge is 0.167 e. The van der Waals surface area contributed by atoms with Crippen molar-refractivity contribution in [3.8, 4) is 0 Å². The van der Waals surface area contributed by atoms with Crippen LogP contribution in [-0.4, -0.2) is 18.4 Å². The van der Waals surface area contributed by atoms with E-state index in [4.69, 9.17) is 0 Å². The topological polar surface area (TPSA) is 29.1 Å². The van der Waals surface area contributed by atoms with E-state index < -0.39 is 11.6 Å². The summed E-state index contributed by atoms with van der Waals surface area (Å²) in [6.45, 7) is 3.02. The van der Waals surface area contributed by atoms with Crippen molar-refractivity contribution in [1.82, 2.24) is 5.32 Å². The summed E-state index contributed by atoms with van der Waals surface area (Å²) >= 11 is 0. The van der Waals surface area contributed by atoms with Gasteiger partial charge >= 0.3 is 0 Å². The Balaban J connectivity index is 2.05. The van der Waals surface area contributed by atoms with Crippen LogP contribution < -0.4 is 5.32 Å². The summed E-state index contributed by atoms with van der Waals surface area (Å²) in [6, 6.07) is 3.07. The number of hydrogen-bond acceptors (Lipinski definition) is 2. The maximum Gasteiger partial charge on any atom is 0.167 e. The molecule has 2 atom stereocenters. The van der Waals surface area contributed by atoms with Gasteiger partial charge in [0.2, 0.25) is 0 Å². The Morgan fingerprint density at radius 2 is 2.22 bits per heavy atom. The van der Waals surface area contributed by atoms with E-state index >= 15 is 0 Å². The van der Waals surface area contributed by atoms with Gasteiger partial charge in [0.05, 0.1) is 5.56 Å². The van der Waals surface area contributed by atoms with Gasteiger partial charge in [0.15, 0.2) is 5.78 Å². The first-order chi connectivity index (χ1) is 8.56. The van der Waals surface area contributed by atoms with Gasteiger partial charge in [0.25, 0.3) is 0 Å². The Hall–Kier alpha value is -1.29. The molecule has 1 heterocycles. The molecule has 1 aromatic rings. The van der Waals surface area contributed by atoms with Crippen molar-refractivity contribution >= 4 is 5.78 Å². The van der Waals surface area contributed by atoms with Crippen LogP contribution in [0.15, 0.2) is 18.2 Å². The highest BCUT2D eigenvalue weighted by Gasteiger charge is 2.22. The molecule has 1 fully saturated rings. The number of carbonyl (C=O) groups is 1. The molecule has 1 aromatic carbocycles. The molecule has 1 aliphatic rings. The molecule has 18 heavy (non-hydrogen) atoms. The van der Waals surface area contributed by atoms with Crippen molar-refractivity contribution in [3.05, 3.63) is 35.4 Å². The van der Waals surface area contributed by atoms with Crippen molar-refractivity contribution in [2.45, 2.75) is 32.2 Å². The van der Waals surface area contributed by atoms with Crippen LogP contribution in [0.25, 0.3) is 0 Å². The molecule has 2 nitrogen and oxygen atoms in total. The maximum absolute atomic E-state index is 13.4. The van der Waals surface area contributed by atoms with Gasteiger partial charge in [-0.15, -0.1) is 0 Å². The minimum atomic E-state index is -0.648. The Labute approximate surface area is 105 Å². The SMILES string of the molecule is CC1CCNC(CC(=O)c2cc(F)ccc2F)C1. The zero-order valence-corrected chi connectivity index (χ0v) is 10.4. The number of ketones is 1. The first-order valence-corrected chi connectivity index (χ1v) is 6.28. The second kappa shape index (κ2) is 5.57. The van der Waals surface area contributed by atoms with E-state index in [1.54, 1.807) is 0 Å². The monoisotopic (exact) mass is 253 g/mol. The molecule has 0 bridgehead atoms. The third-order valence-electron chi connectivity index (χ3n) is 3.42. The molecule has 0 aromatic heterocycles. The number of nitrogens with one attached hydrogen (secondary N) is 1. The van der Waals surface area contributed by atoms with Gasteiger partial charge in [0, 0.05) is 12.5 Å². The van der Waals surface area contributed by atoms with Crippen molar-refractivity contribution in [1.29, 1.82) is 0 Å². The highest BCUT2D eigenvalue weighted by Crippen LogP contribution is 2.20. The average molecular weight is 253 g/mol. The van der Waals surface area contributed by atoms with E-state index in [0.29, 0.717) is 5.92 Å². The number of halogens is 2. The number of Topliss-reactive ketones (excluding diaryl/α,β-unsaturated/α-hetero) is 1. The van der Waals surface area contributed by atoms with E-state index in [2.05, 4.69) is 12.2 Å². The van der Waals surface area contributed by atoms with Gasteiger partial charge < -0.3 is 5.32 Å². The molecule has 98 valence electrons. The van der Waals surface area contributed by atoms with Crippen molar-refractivity contribution < 1.29 is 13.6 Å². The van der Waals surface area contributed by atoms with Crippen molar-refractivity contribution in [3.63, 3.8) is 0 Å². The van der Waals surface area contributed by atoms with Crippen LogP contribution in [-0.2, 0) is 0 Å². The van der Waals surface area contributed by atoms with Crippen LogP contribution in [0.3, 0.4) is 0 Å². The van der Waals surface area contributed by atoms with Crippen molar-refractivity contribution in [2.24, 2.45) is 5.92 Å². The maximum atomic E-state index is 13.4. The van der Waals surface area contributed by atoms with Gasteiger partial charge in [0.1, 0.15) is 11.6 Å². The molecular weight excluding hydrogens is 236 g/mol. The second-order valence-electron chi connectivity index (χ2n) is 5.03. The normalized spacial score (nSPS) is 23.9. The van der Waals surface area contributed by atoms with E-state index in [9.17, 15) is 13.6 Å². The molecule has 0 radical (unpaired) electrons. The first kappa shape index (κ1) is 13.1. The summed E-state index contributed by atoms with van der Waals surface area (Å²) in [6.07, 6.45) is 2.23. The lowest BCUT2D eigenvalue weighted by Gasteiger charge is -2.27. The molecule has 1 N–H and O–H groups in total. The zero-order chi connectivity index (χ0) is 13.1. The number of piperidine rings is 1. The van der Waals surface area contributed by atoms with E-state index in [1.807, 2.05) is 0 Å². The van der Waals surface area contributed by atoms with Crippen LogP contribution in [0.4, 0.5) is 8.78 Å². The molecule has 2 rings (SSSR count). The number of hydrogen-bond donors (Lipinski definition) is 1. The summed E-state index contributed by atoms with van der Waals surface area (Å²) in [7, 11) is 0. The predicted molar refractivity (Wildman–Crippen MR) is 65.5 cm³/mol. The van der Waals surface area contributed by atoms with E-state index in [1.165, 1.54) is 0 Å². The quantitative estimate of drug-likeness (QED) is 0.839. The van der Waals surface area contributed by atoms with Gasteiger partial charge in [-0.3, -0.25) is 4.79 Å². The van der Waals surface area contributed by atoms with Crippen LogP contribution >= 0.6 is 0 Å². The van der Waals surface area contributed by atoms with Gasteiger partial charge in [-0.2, -0.15) is 0 Å².